The number of hydrogen-bond donors (Lipinski definition) is 2. The highest BCUT2D eigenvalue weighted by molar-refractivity contribution is 5.77. The number of hydrogen-bond acceptors (Lipinski definition) is 9. The molecule has 1 amide bonds. The van der Waals surface area contributed by atoms with Crippen molar-refractivity contribution in [3.05, 3.63) is 69.9 Å². The van der Waals surface area contributed by atoms with E-state index in [4.69, 9.17) is 9.47 Å². The van der Waals surface area contributed by atoms with E-state index in [1.54, 1.807) is 29.2 Å². The Labute approximate surface area is 253 Å². The molecule has 2 N–H and O–H groups in total. The van der Waals surface area contributed by atoms with Gasteiger partial charge in [-0.25, -0.2) is 14.6 Å². The average Bonchev–Trinajstić information content (AvgIpc) is 3.00. The van der Waals surface area contributed by atoms with Gasteiger partial charge < -0.3 is 25.0 Å². The number of carbonyl (C=O) groups excluding carboxylic acids is 1. The number of carbonyl (C=O) groups is 1. The number of alkyl halides is 6. The molecule has 1 aliphatic heterocycles. The number of piperidine rings is 1. The van der Waals surface area contributed by atoms with Gasteiger partial charge in [-0.15, -0.1) is 0 Å². The molecular weight excluding hydrogens is 612 g/mol. The van der Waals surface area contributed by atoms with E-state index in [0.717, 1.165) is 23.3 Å². The third kappa shape index (κ3) is 9.29. The minimum atomic E-state index is -4.92. The van der Waals surface area contributed by atoms with Crippen LogP contribution in [-0.4, -0.2) is 71.7 Å². The highest BCUT2D eigenvalue weighted by atomic mass is 19.4. The molecule has 1 fully saturated rings. The molecule has 11 nitrogen and oxygen atoms in total. The predicted molar refractivity (Wildman–Crippen MR) is 150 cm³/mol. The highest BCUT2D eigenvalue weighted by Crippen LogP contribution is 2.32. The topological polar surface area (TPSA) is 124 Å². The summed E-state index contributed by atoms with van der Waals surface area (Å²) in [4.78, 5) is 34.2. The molecule has 3 aromatic rings. The molecule has 17 heteroatoms. The van der Waals surface area contributed by atoms with Crippen LogP contribution in [0.2, 0.25) is 0 Å². The molecule has 0 bridgehead atoms. The number of nitrogens with zero attached hydrogens (tertiary/aromatic N) is 5. The quantitative estimate of drug-likeness (QED) is 0.225. The molecular formula is C28H31F6N7O4. The second-order valence-corrected chi connectivity index (χ2v) is 10.2. The Morgan fingerprint density at radius 3 is 2.27 bits per heavy atom. The monoisotopic (exact) mass is 643 g/mol. The Hall–Kier alpha value is -4.41. The van der Waals surface area contributed by atoms with Gasteiger partial charge >= 0.3 is 12.4 Å². The number of halogens is 6. The maximum Gasteiger partial charge on any atom is 0.423 e. The molecule has 0 atom stereocenters. The van der Waals surface area contributed by atoms with E-state index in [9.17, 15) is 35.9 Å². The number of methoxy groups -OCH3 is 1. The average molecular weight is 644 g/mol. The lowest BCUT2D eigenvalue weighted by atomic mass is 10.1. The molecule has 3 heterocycles. The summed E-state index contributed by atoms with van der Waals surface area (Å²) in [7, 11) is 1.48. The molecule has 4 rings (SSSR count). The van der Waals surface area contributed by atoms with Crippen LogP contribution in [0.25, 0.3) is 0 Å². The third-order valence-electron chi connectivity index (χ3n) is 6.94. The summed E-state index contributed by atoms with van der Waals surface area (Å²) in [6, 6.07) is 6.32. The number of amides is 1. The first kappa shape index (κ1) is 33.5. The van der Waals surface area contributed by atoms with E-state index in [-0.39, 0.29) is 50.6 Å². The van der Waals surface area contributed by atoms with E-state index in [0.29, 0.717) is 37.2 Å². The van der Waals surface area contributed by atoms with E-state index in [1.807, 2.05) is 0 Å². The van der Waals surface area contributed by atoms with Crippen molar-refractivity contribution in [3.63, 3.8) is 0 Å². The van der Waals surface area contributed by atoms with Crippen molar-refractivity contribution in [2.24, 2.45) is 0 Å². The molecule has 0 aliphatic carbocycles. The number of anilines is 2. The van der Waals surface area contributed by atoms with Gasteiger partial charge in [-0.1, -0.05) is 12.1 Å². The second kappa shape index (κ2) is 14.6. The van der Waals surface area contributed by atoms with Crippen molar-refractivity contribution in [1.29, 1.82) is 0 Å². The van der Waals surface area contributed by atoms with Crippen molar-refractivity contribution in [3.8, 4) is 5.75 Å². The SMILES string of the molecule is COc1ccc(Cn2ncc(NCCCOCC(=O)NC3CCN(c4ncc(C(F)(F)F)cn4)CC3)c(C(F)(F)F)c2=O)cc1. The van der Waals surface area contributed by atoms with Gasteiger partial charge in [-0.05, 0) is 37.0 Å². The fourth-order valence-corrected chi connectivity index (χ4v) is 4.60. The summed E-state index contributed by atoms with van der Waals surface area (Å²) in [6.07, 6.45) is -5.73. The molecule has 1 aromatic carbocycles. The van der Waals surface area contributed by atoms with E-state index < -0.39 is 34.7 Å². The normalized spacial score (nSPS) is 14.3. The number of nitrogens with one attached hydrogen (secondary N) is 2. The summed E-state index contributed by atoms with van der Waals surface area (Å²) in [5.74, 6) is 0.363. The van der Waals surface area contributed by atoms with Crippen LogP contribution < -0.4 is 25.8 Å². The van der Waals surface area contributed by atoms with E-state index in [1.165, 1.54) is 7.11 Å². The summed E-state index contributed by atoms with van der Waals surface area (Å²) in [5, 5.41) is 9.30. The highest BCUT2D eigenvalue weighted by Gasteiger charge is 2.38. The van der Waals surface area contributed by atoms with Gasteiger partial charge in [0.05, 0.1) is 31.1 Å². The van der Waals surface area contributed by atoms with Crippen molar-refractivity contribution in [1.82, 2.24) is 25.1 Å². The second-order valence-electron chi connectivity index (χ2n) is 10.2. The standard InChI is InChI=1S/C28H31F6N7O4/c1-44-21-5-3-18(4-6-21)16-41-25(43)24(28(32,33)34)22(15-38-41)35-9-2-12-45-17-23(42)39-20-7-10-40(11-8-20)26-36-13-19(14-37-26)27(29,30)31/h3-6,13-15,20,35H,2,7-12,16-17H2,1H3,(H,39,42). The summed E-state index contributed by atoms with van der Waals surface area (Å²) < 4.78 is 90.6. The summed E-state index contributed by atoms with van der Waals surface area (Å²) in [6.45, 7) is 0.535. The molecule has 45 heavy (non-hydrogen) atoms. The van der Waals surface area contributed by atoms with Gasteiger partial charge in [0, 0.05) is 44.7 Å². The lowest BCUT2D eigenvalue weighted by Gasteiger charge is -2.32. The Balaban J connectivity index is 1.18. The van der Waals surface area contributed by atoms with Crippen LogP contribution in [0.15, 0.2) is 47.7 Å². The molecule has 244 valence electrons. The number of ether oxygens (including phenoxy) is 2. The van der Waals surface area contributed by atoms with Crippen LogP contribution in [0.4, 0.5) is 38.0 Å². The van der Waals surface area contributed by atoms with Crippen LogP contribution >= 0.6 is 0 Å². The van der Waals surface area contributed by atoms with Gasteiger partial charge in [0.25, 0.3) is 5.56 Å². The number of rotatable bonds is 12. The van der Waals surface area contributed by atoms with Gasteiger partial charge in [0.2, 0.25) is 11.9 Å². The van der Waals surface area contributed by atoms with E-state index >= 15 is 0 Å². The fourth-order valence-electron chi connectivity index (χ4n) is 4.60. The lowest BCUT2D eigenvalue weighted by Crippen LogP contribution is -2.46. The largest absolute Gasteiger partial charge is 0.497 e. The first-order chi connectivity index (χ1) is 21.3. The smallest absolute Gasteiger partial charge is 0.423 e. The van der Waals surface area contributed by atoms with E-state index in [2.05, 4.69) is 25.7 Å². The maximum atomic E-state index is 13.8. The maximum absolute atomic E-state index is 13.8. The first-order valence-electron chi connectivity index (χ1n) is 13.9. The van der Waals surface area contributed by atoms with Crippen LogP contribution in [0.1, 0.15) is 36.0 Å². The van der Waals surface area contributed by atoms with Gasteiger partial charge in [0.15, 0.2) is 0 Å². The van der Waals surface area contributed by atoms with Gasteiger partial charge in [-0.3, -0.25) is 9.59 Å². The Bertz CT molecular complexity index is 1470. The molecule has 0 radical (unpaired) electrons. The van der Waals surface area contributed by atoms with Crippen LogP contribution in [-0.2, 0) is 28.4 Å². The van der Waals surface area contributed by atoms with Crippen LogP contribution in [0.3, 0.4) is 0 Å². The predicted octanol–water partition coefficient (Wildman–Crippen LogP) is 3.73. The Kier molecular flexibility index (Phi) is 10.8. The zero-order valence-electron chi connectivity index (χ0n) is 24.1. The molecule has 1 saturated heterocycles. The zero-order chi connectivity index (χ0) is 32.6. The van der Waals surface area contributed by atoms with Crippen molar-refractivity contribution in [2.75, 3.05) is 50.2 Å². The fraction of sp³-hybridized carbons (Fsp3) is 0.464. The third-order valence-corrected chi connectivity index (χ3v) is 6.94. The van der Waals surface area contributed by atoms with Crippen LogP contribution in [0.5, 0.6) is 5.75 Å². The van der Waals surface area contributed by atoms with Crippen molar-refractivity contribution in [2.45, 2.75) is 44.2 Å². The summed E-state index contributed by atoms with van der Waals surface area (Å²) >= 11 is 0. The van der Waals surface area contributed by atoms with Crippen molar-refractivity contribution < 1.29 is 40.6 Å². The first-order valence-corrected chi connectivity index (χ1v) is 13.9. The molecule has 0 saturated carbocycles. The molecule has 2 aromatic heterocycles. The van der Waals surface area contributed by atoms with Crippen LogP contribution in [0, 0.1) is 0 Å². The minimum Gasteiger partial charge on any atom is -0.497 e. The summed E-state index contributed by atoms with van der Waals surface area (Å²) in [5.41, 5.74) is -3.46. The van der Waals surface area contributed by atoms with Crippen molar-refractivity contribution >= 4 is 17.5 Å². The molecule has 0 spiro atoms. The Morgan fingerprint density at radius 1 is 1.00 bits per heavy atom. The van der Waals surface area contributed by atoms with Gasteiger partial charge in [0.1, 0.15) is 17.9 Å². The molecule has 0 unspecified atom stereocenters. The zero-order valence-corrected chi connectivity index (χ0v) is 24.1. The van der Waals surface area contributed by atoms with Gasteiger partial charge in [-0.2, -0.15) is 31.4 Å². The minimum absolute atomic E-state index is 0.0266. The lowest BCUT2D eigenvalue weighted by molar-refractivity contribution is -0.139. The Morgan fingerprint density at radius 2 is 1.67 bits per heavy atom. The number of benzene rings is 1. The number of aromatic nitrogens is 4. The molecule has 1 aliphatic rings.